The highest BCUT2D eigenvalue weighted by Crippen LogP contribution is 2.32. The standard InChI is InChI=1S/C17H21F3N2O/c18-17(19,20)14-5-3-12(4-6-14)11-22(15-7-8-15)16(23)13-2-1-9-21-10-13/h3-6,13,15,21H,1-2,7-11H2. The predicted octanol–water partition coefficient (Wildman–Crippen LogP) is 3.20. The summed E-state index contributed by atoms with van der Waals surface area (Å²) in [6.07, 6.45) is -0.450. The largest absolute Gasteiger partial charge is 0.416 e. The lowest BCUT2D eigenvalue weighted by atomic mass is 9.97. The Hall–Kier alpha value is -1.56. The Morgan fingerprint density at radius 2 is 1.87 bits per heavy atom. The molecule has 1 aromatic rings. The van der Waals surface area contributed by atoms with Gasteiger partial charge in [-0.05, 0) is 49.9 Å². The number of rotatable bonds is 4. The molecule has 0 aromatic heterocycles. The number of alkyl halides is 3. The van der Waals surface area contributed by atoms with Crippen LogP contribution >= 0.6 is 0 Å². The van der Waals surface area contributed by atoms with Crippen LogP contribution in [-0.4, -0.2) is 29.9 Å². The third-order valence-corrected chi connectivity index (χ3v) is 4.55. The summed E-state index contributed by atoms with van der Waals surface area (Å²) in [5, 5.41) is 3.25. The average Bonchev–Trinajstić information content (AvgIpc) is 3.37. The maximum absolute atomic E-state index is 12.7. The molecule has 1 saturated heterocycles. The topological polar surface area (TPSA) is 32.3 Å². The molecule has 1 unspecified atom stereocenters. The third kappa shape index (κ3) is 4.05. The normalized spacial score (nSPS) is 22.0. The van der Waals surface area contributed by atoms with Crippen LogP contribution in [0.2, 0.25) is 0 Å². The second-order valence-electron chi connectivity index (χ2n) is 6.44. The second-order valence-corrected chi connectivity index (χ2v) is 6.44. The summed E-state index contributed by atoms with van der Waals surface area (Å²) in [6.45, 7) is 2.05. The molecule has 0 spiro atoms. The van der Waals surface area contributed by atoms with Crippen molar-refractivity contribution >= 4 is 5.91 Å². The molecule has 1 heterocycles. The Morgan fingerprint density at radius 3 is 2.39 bits per heavy atom. The summed E-state index contributed by atoms with van der Waals surface area (Å²) < 4.78 is 37.9. The minimum atomic E-state index is -4.32. The van der Waals surface area contributed by atoms with Crippen LogP contribution in [0, 0.1) is 5.92 Å². The van der Waals surface area contributed by atoms with Crippen LogP contribution in [-0.2, 0) is 17.5 Å². The zero-order valence-electron chi connectivity index (χ0n) is 12.9. The lowest BCUT2D eigenvalue weighted by molar-refractivity contribution is -0.138. The number of carbonyl (C=O) groups excluding carboxylic acids is 1. The number of nitrogens with one attached hydrogen (secondary N) is 1. The van der Waals surface area contributed by atoms with Crippen molar-refractivity contribution in [2.45, 2.75) is 44.4 Å². The van der Waals surface area contributed by atoms with E-state index in [0.717, 1.165) is 49.9 Å². The van der Waals surface area contributed by atoms with E-state index >= 15 is 0 Å². The van der Waals surface area contributed by atoms with Gasteiger partial charge in [-0.2, -0.15) is 13.2 Å². The Morgan fingerprint density at radius 1 is 1.17 bits per heavy atom. The van der Waals surface area contributed by atoms with E-state index in [2.05, 4.69) is 5.32 Å². The van der Waals surface area contributed by atoms with E-state index in [4.69, 9.17) is 0 Å². The molecular formula is C17H21F3N2O. The number of hydrogen-bond donors (Lipinski definition) is 1. The van der Waals surface area contributed by atoms with Crippen molar-refractivity contribution in [1.29, 1.82) is 0 Å². The van der Waals surface area contributed by atoms with E-state index in [9.17, 15) is 18.0 Å². The van der Waals surface area contributed by atoms with Crippen LogP contribution in [0.4, 0.5) is 13.2 Å². The van der Waals surface area contributed by atoms with Crippen LogP contribution < -0.4 is 5.32 Å². The van der Waals surface area contributed by atoms with Gasteiger partial charge in [0.2, 0.25) is 5.91 Å². The number of piperidine rings is 1. The SMILES string of the molecule is O=C(C1CCCNC1)N(Cc1ccc(C(F)(F)F)cc1)C1CC1. The molecule has 1 N–H and O–H groups in total. The highest BCUT2D eigenvalue weighted by molar-refractivity contribution is 5.79. The molecule has 1 saturated carbocycles. The number of carbonyl (C=O) groups is 1. The van der Waals surface area contributed by atoms with Crippen molar-refractivity contribution in [2.24, 2.45) is 5.92 Å². The van der Waals surface area contributed by atoms with Crippen molar-refractivity contribution in [1.82, 2.24) is 10.2 Å². The van der Waals surface area contributed by atoms with Gasteiger partial charge in [0.1, 0.15) is 0 Å². The lowest BCUT2D eigenvalue weighted by Gasteiger charge is -2.30. The van der Waals surface area contributed by atoms with E-state index in [1.807, 2.05) is 4.90 Å². The summed E-state index contributed by atoms with van der Waals surface area (Å²) in [6, 6.07) is 5.39. The summed E-state index contributed by atoms with van der Waals surface area (Å²) in [5.74, 6) is 0.137. The molecule has 0 radical (unpaired) electrons. The highest BCUT2D eigenvalue weighted by Gasteiger charge is 2.36. The molecule has 6 heteroatoms. The summed E-state index contributed by atoms with van der Waals surface area (Å²) in [7, 11) is 0. The first-order valence-corrected chi connectivity index (χ1v) is 8.12. The first kappa shape index (κ1) is 16.3. The van der Waals surface area contributed by atoms with E-state index in [0.29, 0.717) is 13.1 Å². The van der Waals surface area contributed by atoms with Crippen molar-refractivity contribution < 1.29 is 18.0 Å². The van der Waals surface area contributed by atoms with Crippen molar-refractivity contribution in [3.05, 3.63) is 35.4 Å². The Kier molecular flexibility index (Phi) is 4.62. The molecule has 1 amide bonds. The lowest BCUT2D eigenvalue weighted by Crippen LogP contribution is -2.43. The van der Waals surface area contributed by atoms with Crippen LogP contribution in [0.15, 0.2) is 24.3 Å². The van der Waals surface area contributed by atoms with Gasteiger partial charge in [0.25, 0.3) is 0 Å². The summed E-state index contributed by atoms with van der Waals surface area (Å²) in [4.78, 5) is 14.6. The number of amides is 1. The Bertz CT molecular complexity index is 546. The molecule has 23 heavy (non-hydrogen) atoms. The fourth-order valence-electron chi connectivity index (χ4n) is 3.07. The first-order chi connectivity index (χ1) is 10.9. The molecule has 3 nitrogen and oxygen atoms in total. The monoisotopic (exact) mass is 326 g/mol. The number of benzene rings is 1. The van der Waals surface area contributed by atoms with Crippen molar-refractivity contribution in [3.63, 3.8) is 0 Å². The minimum absolute atomic E-state index is 0.00111. The van der Waals surface area contributed by atoms with Gasteiger partial charge in [-0.1, -0.05) is 12.1 Å². The Balaban J connectivity index is 1.68. The molecule has 1 aliphatic heterocycles. The zero-order chi connectivity index (χ0) is 16.4. The maximum atomic E-state index is 12.7. The van der Waals surface area contributed by atoms with Gasteiger partial charge < -0.3 is 10.2 Å². The zero-order valence-corrected chi connectivity index (χ0v) is 12.9. The van der Waals surface area contributed by atoms with E-state index in [1.54, 1.807) is 0 Å². The third-order valence-electron chi connectivity index (χ3n) is 4.55. The Labute approximate surface area is 133 Å². The molecule has 3 rings (SSSR count). The van der Waals surface area contributed by atoms with Gasteiger partial charge in [-0.25, -0.2) is 0 Å². The van der Waals surface area contributed by atoms with Crippen LogP contribution in [0.3, 0.4) is 0 Å². The average molecular weight is 326 g/mol. The molecule has 0 bridgehead atoms. The number of hydrogen-bond acceptors (Lipinski definition) is 2. The molecule has 2 fully saturated rings. The second kappa shape index (κ2) is 6.51. The van der Waals surface area contributed by atoms with Gasteiger partial charge in [-0.3, -0.25) is 4.79 Å². The molecule has 1 atom stereocenters. The minimum Gasteiger partial charge on any atom is -0.335 e. The highest BCUT2D eigenvalue weighted by atomic mass is 19.4. The predicted molar refractivity (Wildman–Crippen MR) is 80.6 cm³/mol. The number of halogens is 3. The van der Waals surface area contributed by atoms with Gasteiger partial charge in [0.05, 0.1) is 11.5 Å². The van der Waals surface area contributed by atoms with Gasteiger partial charge in [0.15, 0.2) is 0 Å². The first-order valence-electron chi connectivity index (χ1n) is 8.12. The van der Waals surface area contributed by atoms with E-state index < -0.39 is 11.7 Å². The van der Waals surface area contributed by atoms with Crippen LogP contribution in [0.25, 0.3) is 0 Å². The summed E-state index contributed by atoms with van der Waals surface area (Å²) in [5.41, 5.74) is 0.101. The maximum Gasteiger partial charge on any atom is 0.416 e. The molecule has 1 aromatic carbocycles. The smallest absolute Gasteiger partial charge is 0.335 e. The summed E-state index contributed by atoms with van der Waals surface area (Å²) >= 11 is 0. The van der Waals surface area contributed by atoms with Crippen molar-refractivity contribution in [2.75, 3.05) is 13.1 Å². The van der Waals surface area contributed by atoms with Gasteiger partial charge in [-0.15, -0.1) is 0 Å². The fraction of sp³-hybridized carbons (Fsp3) is 0.588. The van der Waals surface area contributed by atoms with Crippen LogP contribution in [0.1, 0.15) is 36.8 Å². The van der Waals surface area contributed by atoms with E-state index in [-0.39, 0.29) is 17.9 Å². The fourth-order valence-corrected chi connectivity index (χ4v) is 3.07. The van der Waals surface area contributed by atoms with Gasteiger partial charge in [0, 0.05) is 19.1 Å². The van der Waals surface area contributed by atoms with Crippen molar-refractivity contribution in [3.8, 4) is 0 Å². The molecule has 2 aliphatic rings. The molecule has 1 aliphatic carbocycles. The molecule has 126 valence electrons. The number of nitrogens with zero attached hydrogens (tertiary/aromatic N) is 1. The van der Waals surface area contributed by atoms with E-state index in [1.165, 1.54) is 12.1 Å². The van der Waals surface area contributed by atoms with Crippen LogP contribution in [0.5, 0.6) is 0 Å². The quantitative estimate of drug-likeness (QED) is 0.921. The molecular weight excluding hydrogens is 305 g/mol. The van der Waals surface area contributed by atoms with Gasteiger partial charge >= 0.3 is 6.18 Å².